The van der Waals surface area contributed by atoms with Gasteiger partial charge in [-0.1, -0.05) is 96.2 Å². The first-order chi connectivity index (χ1) is 12.9. The summed E-state index contributed by atoms with van der Waals surface area (Å²) in [4.78, 5) is 5.76. The standard InChI is InChI=1S/C24H25NO2/c1-23(2,3)27-25-22(19-13-7-4-8-14-19)24(26,20-15-9-5-10-16-20)21-17-11-6-12-18-21/h4-18,26H,1-3H3/b25-22+. The third-order valence-electron chi connectivity index (χ3n) is 4.18. The van der Waals surface area contributed by atoms with Crippen molar-refractivity contribution in [3.05, 3.63) is 108 Å². The Hall–Kier alpha value is -2.91. The summed E-state index contributed by atoms with van der Waals surface area (Å²) in [7, 11) is 0. The Kier molecular flexibility index (Phi) is 5.43. The lowest BCUT2D eigenvalue weighted by molar-refractivity contribution is -0.00256. The first-order valence-electron chi connectivity index (χ1n) is 9.07. The van der Waals surface area contributed by atoms with E-state index in [0.717, 1.165) is 16.7 Å². The lowest BCUT2D eigenvalue weighted by atomic mass is 9.79. The fraction of sp³-hybridized carbons (Fsp3) is 0.208. The monoisotopic (exact) mass is 359 g/mol. The number of rotatable bonds is 5. The van der Waals surface area contributed by atoms with Crippen LogP contribution in [0.4, 0.5) is 0 Å². The smallest absolute Gasteiger partial charge is 0.161 e. The van der Waals surface area contributed by atoms with Crippen molar-refractivity contribution in [2.75, 3.05) is 0 Å². The topological polar surface area (TPSA) is 41.8 Å². The molecular weight excluding hydrogens is 334 g/mol. The summed E-state index contributed by atoms with van der Waals surface area (Å²) in [5, 5.41) is 16.5. The maximum Gasteiger partial charge on any atom is 0.161 e. The van der Waals surface area contributed by atoms with Crippen LogP contribution < -0.4 is 0 Å². The molecule has 0 saturated carbocycles. The number of nitrogens with zero attached hydrogens (tertiary/aromatic N) is 1. The Morgan fingerprint density at radius 1 is 0.704 bits per heavy atom. The van der Waals surface area contributed by atoms with Gasteiger partial charge in [-0.25, -0.2) is 0 Å². The van der Waals surface area contributed by atoms with Crippen LogP contribution >= 0.6 is 0 Å². The number of oxime groups is 1. The predicted molar refractivity (Wildman–Crippen MR) is 110 cm³/mol. The molecule has 0 heterocycles. The van der Waals surface area contributed by atoms with E-state index >= 15 is 0 Å². The molecule has 3 aromatic carbocycles. The number of aliphatic hydroxyl groups is 1. The van der Waals surface area contributed by atoms with Gasteiger partial charge in [0.05, 0.1) is 0 Å². The van der Waals surface area contributed by atoms with E-state index in [1.54, 1.807) is 0 Å². The average Bonchev–Trinajstić information content (AvgIpc) is 2.69. The van der Waals surface area contributed by atoms with Gasteiger partial charge in [0.2, 0.25) is 0 Å². The van der Waals surface area contributed by atoms with Crippen LogP contribution in [0.5, 0.6) is 0 Å². The van der Waals surface area contributed by atoms with Gasteiger partial charge >= 0.3 is 0 Å². The van der Waals surface area contributed by atoms with Crippen molar-refractivity contribution < 1.29 is 9.94 Å². The lowest BCUT2D eigenvalue weighted by Gasteiger charge is -2.31. The fourth-order valence-corrected chi connectivity index (χ4v) is 2.91. The molecule has 138 valence electrons. The van der Waals surface area contributed by atoms with E-state index in [4.69, 9.17) is 4.84 Å². The van der Waals surface area contributed by atoms with Gasteiger partial charge in [0.1, 0.15) is 11.3 Å². The van der Waals surface area contributed by atoms with E-state index < -0.39 is 11.2 Å². The molecule has 3 heteroatoms. The van der Waals surface area contributed by atoms with E-state index in [1.807, 2.05) is 112 Å². The van der Waals surface area contributed by atoms with Gasteiger partial charge in [-0.15, -0.1) is 0 Å². The fourth-order valence-electron chi connectivity index (χ4n) is 2.91. The zero-order valence-corrected chi connectivity index (χ0v) is 16.0. The van der Waals surface area contributed by atoms with Crippen LogP contribution in [0, 0.1) is 0 Å². The summed E-state index contributed by atoms with van der Waals surface area (Å²) in [6.45, 7) is 5.80. The number of hydrogen-bond acceptors (Lipinski definition) is 3. The van der Waals surface area contributed by atoms with Crippen LogP contribution in [-0.2, 0) is 10.4 Å². The Morgan fingerprint density at radius 2 is 1.11 bits per heavy atom. The van der Waals surface area contributed by atoms with Gasteiger partial charge in [-0.05, 0) is 31.9 Å². The van der Waals surface area contributed by atoms with Crippen LogP contribution in [0.25, 0.3) is 0 Å². The van der Waals surface area contributed by atoms with E-state index in [9.17, 15) is 5.11 Å². The second kappa shape index (κ2) is 7.77. The Morgan fingerprint density at radius 3 is 1.52 bits per heavy atom. The molecule has 0 atom stereocenters. The summed E-state index contributed by atoms with van der Waals surface area (Å²) < 4.78 is 0. The van der Waals surface area contributed by atoms with E-state index in [1.165, 1.54) is 0 Å². The molecule has 3 aromatic rings. The first-order valence-corrected chi connectivity index (χ1v) is 9.07. The van der Waals surface area contributed by atoms with Crippen LogP contribution in [0.1, 0.15) is 37.5 Å². The molecule has 3 rings (SSSR count). The average molecular weight is 359 g/mol. The number of hydrogen-bond donors (Lipinski definition) is 1. The summed E-state index contributed by atoms with van der Waals surface area (Å²) >= 11 is 0. The molecule has 0 aliphatic heterocycles. The van der Waals surface area contributed by atoms with Crippen LogP contribution in [0.2, 0.25) is 0 Å². The minimum absolute atomic E-state index is 0.454. The summed E-state index contributed by atoms with van der Waals surface area (Å²) in [6.07, 6.45) is 0. The normalized spacial score (nSPS) is 12.7. The number of benzene rings is 3. The van der Waals surface area contributed by atoms with Crippen LogP contribution in [0.3, 0.4) is 0 Å². The first kappa shape index (κ1) is 18.9. The SMILES string of the molecule is CC(C)(C)O/N=C(\c1ccccc1)C(O)(c1ccccc1)c1ccccc1. The van der Waals surface area contributed by atoms with Gasteiger partial charge in [-0.2, -0.15) is 0 Å². The molecule has 0 aromatic heterocycles. The molecule has 0 radical (unpaired) electrons. The van der Waals surface area contributed by atoms with Crippen molar-refractivity contribution >= 4 is 5.71 Å². The van der Waals surface area contributed by atoms with Gasteiger partial charge < -0.3 is 9.94 Å². The van der Waals surface area contributed by atoms with Gasteiger partial charge in [-0.3, -0.25) is 0 Å². The highest BCUT2D eigenvalue weighted by Crippen LogP contribution is 2.34. The molecular formula is C24H25NO2. The molecule has 0 spiro atoms. The molecule has 3 nitrogen and oxygen atoms in total. The van der Waals surface area contributed by atoms with Gasteiger partial charge in [0.15, 0.2) is 5.60 Å². The third kappa shape index (κ3) is 4.26. The van der Waals surface area contributed by atoms with E-state index in [-0.39, 0.29) is 0 Å². The molecule has 0 fully saturated rings. The zero-order valence-electron chi connectivity index (χ0n) is 16.0. The van der Waals surface area contributed by atoms with Crippen molar-refractivity contribution in [3.8, 4) is 0 Å². The quantitative estimate of drug-likeness (QED) is 0.506. The Bertz CT molecular complexity index is 842. The van der Waals surface area contributed by atoms with Crippen LogP contribution in [0.15, 0.2) is 96.2 Å². The van der Waals surface area contributed by atoms with Crippen molar-refractivity contribution in [3.63, 3.8) is 0 Å². The van der Waals surface area contributed by atoms with Crippen molar-refractivity contribution in [1.82, 2.24) is 0 Å². The highest BCUT2D eigenvalue weighted by molar-refractivity contribution is 6.08. The Labute approximate surface area is 160 Å². The van der Waals surface area contributed by atoms with Crippen molar-refractivity contribution in [1.29, 1.82) is 0 Å². The molecule has 0 aliphatic carbocycles. The van der Waals surface area contributed by atoms with E-state index in [2.05, 4.69) is 5.16 Å². The third-order valence-corrected chi connectivity index (χ3v) is 4.18. The molecule has 0 saturated heterocycles. The van der Waals surface area contributed by atoms with Gasteiger partial charge in [0.25, 0.3) is 0 Å². The second-order valence-corrected chi connectivity index (χ2v) is 7.45. The second-order valence-electron chi connectivity index (χ2n) is 7.45. The minimum Gasteiger partial charge on any atom is -0.390 e. The summed E-state index contributed by atoms with van der Waals surface area (Å²) in [5.74, 6) is 0. The summed E-state index contributed by atoms with van der Waals surface area (Å²) in [6, 6.07) is 28.8. The Balaban J connectivity index is 2.26. The largest absolute Gasteiger partial charge is 0.390 e. The molecule has 0 amide bonds. The highest BCUT2D eigenvalue weighted by atomic mass is 16.6. The maximum absolute atomic E-state index is 12.1. The highest BCUT2D eigenvalue weighted by Gasteiger charge is 2.39. The predicted octanol–water partition coefficient (Wildman–Crippen LogP) is 5.14. The lowest BCUT2D eigenvalue weighted by Crippen LogP contribution is -2.38. The van der Waals surface area contributed by atoms with Gasteiger partial charge in [0, 0.05) is 5.56 Å². The van der Waals surface area contributed by atoms with Crippen LogP contribution in [-0.4, -0.2) is 16.4 Å². The maximum atomic E-state index is 12.1. The molecule has 0 unspecified atom stereocenters. The van der Waals surface area contributed by atoms with Crippen molar-refractivity contribution in [2.45, 2.75) is 32.0 Å². The summed E-state index contributed by atoms with van der Waals surface area (Å²) in [5.41, 5.74) is 0.795. The molecule has 0 aliphatic rings. The minimum atomic E-state index is -1.45. The molecule has 0 bridgehead atoms. The zero-order chi connectivity index (χ0) is 19.3. The molecule has 27 heavy (non-hydrogen) atoms. The molecule has 1 N–H and O–H groups in total. The van der Waals surface area contributed by atoms with Crippen molar-refractivity contribution in [2.24, 2.45) is 5.16 Å². The van der Waals surface area contributed by atoms with E-state index in [0.29, 0.717) is 5.71 Å².